The first-order valence-electron chi connectivity index (χ1n) is 6.67. The second-order valence-electron chi connectivity index (χ2n) is 5.29. The molecule has 118 valence electrons. The predicted molar refractivity (Wildman–Crippen MR) is 78.7 cm³/mol. The second-order valence-corrected chi connectivity index (χ2v) is 5.29. The molecule has 2 aromatic rings. The minimum Gasteiger partial charge on any atom is -0.503 e. The molecule has 22 heavy (non-hydrogen) atoms. The summed E-state index contributed by atoms with van der Waals surface area (Å²) in [5.41, 5.74) is 0.639. The van der Waals surface area contributed by atoms with Gasteiger partial charge in [-0.05, 0) is 14.1 Å². The van der Waals surface area contributed by atoms with Crippen LogP contribution >= 0.6 is 0 Å². The fraction of sp³-hybridized carbons (Fsp3) is 0.357. The van der Waals surface area contributed by atoms with Crippen LogP contribution in [0.2, 0.25) is 0 Å². The maximum atomic E-state index is 11.6. The zero-order valence-electron chi connectivity index (χ0n) is 12.4. The van der Waals surface area contributed by atoms with Crippen LogP contribution in [0, 0.1) is 0 Å². The van der Waals surface area contributed by atoms with E-state index in [1.807, 2.05) is 19.0 Å². The van der Waals surface area contributed by atoms with Crippen molar-refractivity contribution in [2.24, 2.45) is 0 Å². The average Bonchev–Trinajstić information content (AvgIpc) is 2.92. The van der Waals surface area contributed by atoms with Gasteiger partial charge in [-0.25, -0.2) is 9.78 Å². The van der Waals surface area contributed by atoms with Gasteiger partial charge in [-0.1, -0.05) is 0 Å². The molecule has 0 aliphatic heterocycles. The topological polar surface area (TPSA) is 111 Å². The Morgan fingerprint density at radius 3 is 2.77 bits per heavy atom. The first-order valence-corrected chi connectivity index (χ1v) is 6.67. The van der Waals surface area contributed by atoms with Gasteiger partial charge < -0.3 is 24.7 Å². The SMILES string of the molecule is CN(C)Cc1cc(=O)c(O)cn1C(Cc1cnc[nH]1)C(=O)O. The quantitative estimate of drug-likeness (QED) is 0.703. The Kier molecular flexibility index (Phi) is 4.62. The van der Waals surface area contributed by atoms with E-state index < -0.39 is 23.2 Å². The fourth-order valence-corrected chi connectivity index (χ4v) is 2.23. The number of aliphatic carboxylic acids is 1. The molecular formula is C14H18N4O4. The largest absolute Gasteiger partial charge is 0.503 e. The molecular weight excluding hydrogens is 288 g/mol. The Morgan fingerprint density at radius 2 is 2.23 bits per heavy atom. The highest BCUT2D eigenvalue weighted by Gasteiger charge is 2.23. The third-order valence-electron chi connectivity index (χ3n) is 3.21. The molecule has 0 aliphatic carbocycles. The van der Waals surface area contributed by atoms with Gasteiger partial charge in [0.25, 0.3) is 0 Å². The standard InChI is InChI=1S/C14H18N4O4/c1-17(2)6-10-4-12(19)13(20)7-18(10)11(14(21)22)3-9-5-15-8-16-9/h4-5,7-8,11,20H,3,6H2,1-2H3,(H,15,16)(H,21,22). The number of H-pyrrole nitrogens is 1. The number of aromatic hydroxyl groups is 1. The third kappa shape index (κ3) is 3.53. The molecule has 3 N–H and O–H groups in total. The summed E-state index contributed by atoms with van der Waals surface area (Å²) in [5, 5.41) is 19.2. The molecule has 1 unspecified atom stereocenters. The van der Waals surface area contributed by atoms with Crippen molar-refractivity contribution in [3.8, 4) is 5.75 Å². The zero-order valence-corrected chi connectivity index (χ0v) is 12.4. The number of hydrogen-bond donors (Lipinski definition) is 3. The number of rotatable bonds is 6. The van der Waals surface area contributed by atoms with Crippen molar-refractivity contribution in [1.82, 2.24) is 19.4 Å². The number of carbonyl (C=O) groups is 1. The molecule has 0 fully saturated rings. The van der Waals surface area contributed by atoms with Crippen LogP contribution < -0.4 is 5.43 Å². The van der Waals surface area contributed by atoms with E-state index in [1.54, 1.807) is 6.20 Å². The Hall–Kier alpha value is -2.61. The molecule has 0 saturated carbocycles. The molecule has 0 aliphatic rings. The van der Waals surface area contributed by atoms with Crippen molar-refractivity contribution in [1.29, 1.82) is 0 Å². The zero-order chi connectivity index (χ0) is 16.3. The number of pyridine rings is 1. The van der Waals surface area contributed by atoms with Crippen molar-refractivity contribution in [2.75, 3.05) is 14.1 Å². The molecule has 8 heteroatoms. The minimum atomic E-state index is -1.06. The number of hydrogen-bond acceptors (Lipinski definition) is 5. The van der Waals surface area contributed by atoms with E-state index in [4.69, 9.17) is 0 Å². The number of nitrogens with one attached hydrogen (secondary N) is 1. The smallest absolute Gasteiger partial charge is 0.327 e. The predicted octanol–water partition coefficient (Wildman–Crippen LogP) is 0.207. The Bertz CT molecular complexity index is 706. The van der Waals surface area contributed by atoms with Gasteiger partial charge in [-0.15, -0.1) is 0 Å². The number of aromatic nitrogens is 3. The van der Waals surface area contributed by atoms with Gasteiger partial charge in [-0.3, -0.25) is 4.79 Å². The Balaban J connectivity index is 2.47. The maximum Gasteiger partial charge on any atom is 0.327 e. The summed E-state index contributed by atoms with van der Waals surface area (Å²) >= 11 is 0. The van der Waals surface area contributed by atoms with Crippen LogP contribution in [-0.4, -0.2) is 49.7 Å². The van der Waals surface area contributed by atoms with Crippen LogP contribution in [0.4, 0.5) is 0 Å². The van der Waals surface area contributed by atoms with Gasteiger partial charge in [0, 0.05) is 36.6 Å². The number of aromatic amines is 1. The van der Waals surface area contributed by atoms with E-state index in [-0.39, 0.29) is 6.42 Å². The molecule has 0 aromatic carbocycles. The number of carboxylic acid groups (broad SMARTS) is 1. The van der Waals surface area contributed by atoms with Gasteiger partial charge in [0.1, 0.15) is 6.04 Å². The van der Waals surface area contributed by atoms with Crippen molar-refractivity contribution in [3.63, 3.8) is 0 Å². The summed E-state index contributed by atoms with van der Waals surface area (Å²) in [5.74, 6) is -1.53. The molecule has 0 spiro atoms. The highest BCUT2D eigenvalue weighted by molar-refractivity contribution is 5.72. The molecule has 0 radical (unpaired) electrons. The molecule has 0 amide bonds. The van der Waals surface area contributed by atoms with Crippen LogP contribution in [0.5, 0.6) is 5.75 Å². The lowest BCUT2D eigenvalue weighted by Gasteiger charge is -2.22. The van der Waals surface area contributed by atoms with E-state index >= 15 is 0 Å². The van der Waals surface area contributed by atoms with Crippen LogP contribution in [0.15, 0.2) is 29.6 Å². The molecule has 2 heterocycles. The lowest BCUT2D eigenvalue weighted by atomic mass is 10.1. The van der Waals surface area contributed by atoms with Gasteiger partial charge in [0.15, 0.2) is 5.75 Å². The van der Waals surface area contributed by atoms with Crippen molar-refractivity contribution >= 4 is 5.97 Å². The monoisotopic (exact) mass is 306 g/mol. The average molecular weight is 306 g/mol. The van der Waals surface area contributed by atoms with E-state index in [0.29, 0.717) is 17.9 Å². The van der Waals surface area contributed by atoms with Crippen LogP contribution in [0.1, 0.15) is 17.4 Å². The molecule has 0 saturated heterocycles. The number of nitrogens with zero attached hydrogens (tertiary/aromatic N) is 3. The van der Waals surface area contributed by atoms with E-state index in [1.165, 1.54) is 23.2 Å². The summed E-state index contributed by atoms with van der Waals surface area (Å²) in [6.07, 6.45) is 4.36. The summed E-state index contributed by atoms with van der Waals surface area (Å²) in [6.45, 7) is 0.377. The fourth-order valence-electron chi connectivity index (χ4n) is 2.23. The van der Waals surface area contributed by atoms with E-state index in [0.717, 1.165) is 0 Å². The highest BCUT2D eigenvalue weighted by Crippen LogP contribution is 2.18. The van der Waals surface area contributed by atoms with Gasteiger partial charge >= 0.3 is 5.97 Å². The van der Waals surface area contributed by atoms with Crippen LogP contribution in [-0.2, 0) is 17.8 Å². The Morgan fingerprint density at radius 1 is 1.50 bits per heavy atom. The van der Waals surface area contributed by atoms with E-state index in [9.17, 15) is 19.8 Å². The molecule has 8 nitrogen and oxygen atoms in total. The normalized spacial score (nSPS) is 12.5. The lowest BCUT2D eigenvalue weighted by Crippen LogP contribution is -2.28. The van der Waals surface area contributed by atoms with Crippen molar-refractivity contribution in [3.05, 3.63) is 46.4 Å². The lowest BCUT2D eigenvalue weighted by molar-refractivity contribution is -0.141. The summed E-state index contributed by atoms with van der Waals surface area (Å²) in [6, 6.07) is 0.306. The van der Waals surface area contributed by atoms with E-state index in [2.05, 4.69) is 9.97 Å². The summed E-state index contributed by atoms with van der Waals surface area (Å²) < 4.78 is 1.42. The maximum absolute atomic E-state index is 11.6. The van der Waals surface area contributed by atoms with Gasteiger partial charge in [0.2, 0.25) is 5.43 Å². The van der Waals surface area contributed by atoms with Gasteiger partial charge in [-0.2, -0.15) is 0 Å². The third-order valence-corrected chi connectivity index (χ3v) is 3.21. The first kappa shape index (κ1) is 15.8. The molecule has 2 rings (SSSR count). The molecule has 2 aromatic heterocycles. The van der Waals surface area contributed by atoms with Gasteiger partial charge in [0.05, 0.1) is 12.5 Å². The number of carboxylic acids is 1. The summed E-state index contributed by atoms with van der Waals surface area (Å²) in [4.78, 5) is 31.8. The second kappa shape index (κ2) is 6.44. The summed E-state index contributed by atoms with van der Waals surface area (Å²) in [7, 11) is 3.62. The molecule has 0 bridgehead atoms. The number of imidazole rings is 1. The molecule has 1 atom stereocenters. The van der Waals surface area contributed by atoms with Crippen LogP contribution in [0.25, 0.3) is 0 Å². The minimum absolute atomic E-state index is 0.165. The van der Waals surface area contributed by atoms with Crippen LogP contribution in [0.3, 0.4) is 0 Å². The first-order chi connectivity index (χ1) is 10.4. The highest BCUT2D eigenvalue weighted by atomic mass is 16.4. The Labute approximate surface area is 126 Å². The van der Waals surface area contributed by atoms with Crippen molar-refractivity contribution < 1.29 is 15.0 Å². The van der Waals surface area contributed by atoms with Crippen molar-refractivity contribution in [2.45, 2.75) is 19.0 Å².